The second-order valence-corrected chi connectivity index (χ2v) is 3.41. The van der Waals surface area contributed by atoms with E-state index in [0.717, 1.165) is 0 Å². The van der Waals surface area contributed by atoms with Gasteiger partial charge in [0.25, 0.3) is 0 Å². The topological polar surface area (TPSA) is 56.7 Å². The van der Waals surface area contributed by atoms with Crippen LogP contribution in [0.1, 0.15) is 0 Å². The predicted octanol–water partition coefficient (Wildman–Crippen LogP) is 1.75. The van der Waals surface area contributed by atoms with E-state index >= 15 is 0 Å². The molecule has 0 atom stereocenters. The maximum Gasteiger partial charge on any atom is 0.166 e. The Morgan fingerprint density at radius 2 is 1.93 bits per heavy atom. The molecule has 4 nitrogen and oxygen atoms in total. The van der Waals surface area contributed by atoms with E-state index in [0.29, 0.717) is 5.69 Å². The summed E-state index contributed by atoms with van der Waals surface area (Å²) >= 11 is 3.05. The largest absolute Gasteiger partial charge is 0.398 e. The minimum atomic E-state index is -0.471. The van der Waals surface area contributed by atoms with Gasteiger partial charge in [-0.2, -0.15) is 10.2 Å². The number of benzene rings is 1. The fourth-order valence-electron chi connectivity index (χ4n) is 1.05. The van der Waals surface area contributed by atoms with Crippen LogP contribution in [-0.2, 0) is 0 Å². The van der Waals surface area contributed by atoms with Crippen molar-refractivity contribution in [3.63, 3.8) is 0 Å². The van der Waals surface area contributed by atoms with Crippen molar-refractivity contribution in [2.75, 3.05) is 5.73 Å². The smallest absolute Gasteiger partial charge is 0.166 e. The average molecular weight is 257 g/mol. The molecule has 0 bridgehead atoms. The second kappa shape index (κ2) is 3.38. The predicted molar refractivity (Wildman–Crippen MR) is 53.4 cm³/mol. The number of anilines is 1. The molecule has 14 heavy (non-hydrogen) atoms. The second-order valence-electron chi connectivity index (χ2n) is 2.62. The van der Waals surface area contributed by atoms with E-state index in [9.17, 15) is 4.39 Å². The third kappa shape index (κ3) is 1.37. The number of halogens is 2. The fourth-order valence-corrected chi connectivity index (χ4v) is 1.38. The molecular formula is C8H6BrFN4. The summed E-state index contributed by atoms with van der Waals surface area (Å²) in [5, 5.41) is 7.64. The van der Waals surface area contributed by atoms with Crippen LogP contribution in [0.5, 0.6) is 0 Å². The van der Waals surface area contributed by atoms with Gasteiger partial charge in [-0.3, -0.25) is 0 Å². The molecule has 0 radical (unpaired) electrons. The molecule has 0 fully saturated rings. The highest BCUT2D eigenvalue weighted by molar-refractivity contribution is 9.10. The molecule has 0 spiro atoms. The molecule has 0 saturated heterocycles. The van der Waals surface area contributed by atoms with Crippen LogP contribution in [0.15, 0.2) is 29.0 Å². The third-order valence-corrected chi connectivity index (χ3v) is 2.53. The zero-order valence-electron chi connectivity index (χ0n) is 6.98. The lowest BCUT2D eigenvalue weighted by atomic mass is 10.3. The molecule has 1 heterocycles. The number of hydrogen-bond acceptors (Lipinski definition) is 3. The number of hydrogen-bond donors (Lipinski definition) is 1. The highest BCUT2D eigenvalue weighted by atomic mass is 79.9. The van der Waals surface area contributed by atoms with Gasteiger partial charge in [-0.05, 0) is 28.1 Å². The average Bonchev–Trinajstić information content (AvgIpc) is 2.67. The van der Waals surface area contributed by atoms with Crippen LogP contribution >= 0.6 is 15.9 Å². The lowest BCUT2D eigenvalue weighted by molar-refractivity contribution is 0.591. The first-order valence-corrected chi connectivity index (χ1v) is 4.59. The van der Waals surface area contributed by atoms with Gasteiger partial charge in [0.1, 0.15) is 5.69 Å². The highest BCUT2D eigenvalue weighted by Crippen LogP contribution is 2.26. The molecule has 1 aromatic heterocycles. The van der Waals surface area contributed by atoms with Crippen molar-refractivity contribution in [3.05, 3.63) is 34.8 Å². The van der Waals surface area contributed by atoms with Gasteiger partial charge >= 0.3 is 0 Å². The Morgan fingerprint density at radius 1 is 1.29 bits per heavy atom. The van der Waals surface area contributed by atoms with Gasteiger partial charge in [-0.1, -0.05) is 0 Å². The van der Waals surface area contributed by atoms with E-state index in [4.69, 9.17) is 5.73 Å². The van der Waals surface area contributed by atoms with Crippen LogP contribution in [0.2, 0.25) is 0 Å². The van der Waals surface area contributed by atoms with Crippen LogP contribution in [0.3, 0.4) is 0 Å². The summed E-state index contributed by atoms with van der Waals surface area (Å²) in [4.78, 5) is 1.19. The Bertz CT molecular complexity index is 455. The van der Waals surface area contributed by atoms with Crippen LogP contribution in [0.4, 0.5) is 10.1 Å². The quantitative estimate of drug-likeness (QED) is 0.792. The minimum Gasteiger partial charge on any atom is -0.398 e. The van der Waals surface area contributed by atoms with Crippen molar-refractivity contribution in [2.24, 2.45) is 0 Å². The van der Waals surface area contributed by atoms with Crippen LogP contribution in [0.25, 0.3) is 5.69 Å². The molecule has 0 amide bonds. The van der Waals surface area contributed by atoms with Gasteiger partial charge in [0.05, 0.1) is 16.9 Å². The van der Waals surface area contributed by atoms with E-state index in [1.807, 2.05) is 0 Å². The summed E-state index contributed by atoms with van der Waals surface area (Å²) in [6, 6.07) is 3.11. The Hall–Kier alpha value is -1.43. The van der Waals surface area contributed by atoms with Crippen LogP contribution in [0, 0.1) is 5.82 Å². The summed E-state index contributed by atoms with van der Waals surface area (Å²) < 4.78 is 13.8. The number of nitrogens with two attached hydrogens (primary N) is 1. The molecule has 72 valence electrons. The normalized spacial score (nSPS) is 10.4. The molecule has 2 rings (SSSR count). The standard InChI is InChI=1S/C8H6BrFN4/c9-7-5(11)1-2-6(8(7)10)14-12-3-4-13-14/h1-4H,11H2. The first kappa shape index (κ1) is 9.14. The third-order valence-electron chi connectivity index (χ3n) is 1.73. The molecule has 2 aromatic rings. The van der Waals surface area contributed by atoms with Crippen molar-refractivity contribution < 1.29 is 4.39 Å². The monoisotopic (exact) mass is 256 g/mol. The van der Waals surface area contributed by atoms with E-state index < -0.39 is 5.82 Å². The van der Waals surface area contributed by atoms with Gasteiger partial charge in [0, 0.05) is 5.69 Å². The number of aromatic nitrogens is 3. The van der Waals surface area contributed by atoms with Crippen molar-refractivity contribution in [1.82, 2.24) is 15.0 Å². The van der Waals surface area contributed by atoms with E-state index in [-0.39, 0.29) is 10.2 Å². The van der Waals surface area contributed by atoms with E-state index in [2.05, 4.69) is 26.1 Å². The molecular weight excluding hydrogens is 251 g/mol. The summed E-state index contributed by atoms with van der Waals surface area (Å²) in [6.45, 7) is 0. The maximum atomic E-state index is 13.6. The number of nitrogen functional groups attached to an aromatic ring is 1. The Labute approximate surface area is 87.7 Å². The van der Waals surface area contributed by atoms with E-state index in [1.165, 1.54) is 23.3 Å². The molecule has 0 aliphatic heterocycles. The van der Waals surface area contributed by atoms with Crippen molar-refractivity contribution in [3.8, 4) is 5.69 Å². The lowest BCUT2D eigenvalue weighted by Crippen LogP contribution is -2.03. The van der Waals surface area contributed by atoms with Gasteiger partial charge in [-0.25, -0.2) is 4.39 Å². The van der Waals surface area contributed by atoms with Crippen molar-refractivity contribution in [1.29, 1.82) is 0 Å². The first-order chi connectivity index (χ1) is 6.70. The molecule has 0 saturated carbocycles. The molecule has 1 aromatic carbocycles. The number of rotatable bonds is 1. The van der Waals surface area contributed by atoms with Gasteiger partial charge in [-0.15, -0.1) is 4.80 Å². The summed E-state index contributed by atoms with van der Waals surface area (Å²) in [5.41, 5.74) is 6.11. The van der Waals surface area contributed by atoms with Crippen LogP contribution in [-0.4, -0.2) is 15.0 Å². The Balaban J connectivity index is 2.61. The van der Waals surface area contributed by atoms with E-state index in [1.54, 1.807) is 6.07 Å². The zero-order valence-corrected chi connectivity index (χ0v) is 8.57. The van der Waals surface area contributed by atoms with Gasteiger partial charge < -0.3 is 5.73 Å². The minimum absolute atomic E-state index is 0.229. The summed E-state index contributed by atoms with van der Waals surface area (Å²) in [7, 11) is 0. The zero-order chi connectivity index (χ0) is 10.1. The Kier molecular flexibility index (Phi) is 2.20. The highest BCUT2D eigenvalue weighted by Gasteiger charge is 2.11. The van der Waals surface area contributed by atoms with Gasteiger partial charge in [0.2, 0.25) is 0 Å². The molecule has 0 unspecified atom stereocenters. The van der Waals surface area contributed by atoms with Gasteiger partial charge in [0.15, 0.2) is 5.82 Å². The first-order valence-electron chi connectivity index (χ1n) is 3.80. The van der Waals surface area contributed by atoms with Crippen molar-refractivity contribution >= 4 is 21.6 Å². The Morgan fingerprint density at radius 3 is 2.57 bits per heavy atom. The summed E-state index contributed by atoms with van der Waals surface area (Å²) in [6.07, 6.45) is 2.95. The van der Waals surface area contributed by atoms with Crippen LogP contribution < -0.4 is 5.73 Å². The number of nitrogens with zero attached hydrogens (tertiary/aromatic N) is 3. The van der Waals surface area contributed by atoms with Crippen molar-refractivity contribution in [2.45, 2.75) is 0 Å². The molecule has 0 aliphatic rings. The molecule has 0 aliphatic carbocycles. The lowest BCUT2D eigenvalue weighted by Gasteiger charge is -2.05. The molecule has 2 N–H and O–H groups in total. The molecule has 6 heteroatoms. The SMILES string of the molecule is Nc1ccc(-n2nccn2)c(F)c1Br. The maximum absolute atomic E-state index is 13.6. The fraction of sp³-hybridized carbons (Fsp3) is 0. The summed E-state index contributed by atoms with van der Waals surface area (Å²) in [5.74, 6) is -0.471.